The van der Waals surface area contributed by atoms with Gasteiger partial charge < -0.3 is 10.1 Å². The largest absolute Gasteiger partial charge is 0.467 e. The van der Waals surface area contributed by atoms with Crippen LogP contribution in [0.4, 0.5) is 0 Å². The average molecular weight is 352 g/mol. The Bertz CT molecular complexity index is 701. The quantitative estimate of drug-likeness (QED) is 0.838. The van der Waals surface area contributed by atoms with Crippen molar-refractivity contribution >= 4 is 35.1 Å². The van der Waals surface area contributed by atoms with E-state index in [0.29, 0.717) is 15.6 Å². The molecule has 2 aromatic carbocycles. The number of amides is 1. The van der Waals surface area contributed by atoms with Crippen molar-refractivity contribution in [3.05, 3.63) is 69.7 Å². The molecule has 0 aromatic heterocycles. The van der Waals surface area contributed by atoms with Gasteiger partial charge in [-0.15, -0.1) is 0 Å². The summed E-state index contributed by atoms with van der Waals surface area (Å²) in [5.74, 6) is -0.897. The van der Waals surface area contributed by atoms with Gasteiger partial charge in [-0.3, -0.25) is 4.79 Å². The maximum absolute atomic E-state index is 12.3. The fourth-order valence-electron chi connectivity index (χ4n) is 2.08. The molecule has 0 saturated carbocycles. The Kier molecular flexibility index (Phi) is 6.02. The predicted molar refractivity (Wildman–Crippen MR) is 89.9 cm³/mol. The minimum Gasteiger partial charge on any atom is -0.467 e. The standard InChI is InChI=1S/C17H15Cl2NO3/c1-23-17(22)15(10-11-3-2-4-14(19)9-11)20-16(21)12-5-7-13(18)8-6-12/h2-9,15H,10H2,1H3,(H,20,21)/t15-/m1/s1. The predicted octanol–water partition coefficient (Wildman–Crippen LogP) is 3.51. The van der Waals surface area contributed by atoms with E-state index < -0.39 is 12.0 Å². The summed E-state index contributed by atoms with van der Waals surface area (Å²) >= 11 is 11.7. The van der Waals surface area contributed by atoms with Crippen molar-refractivity contribution in [1.82, 2.24) is 5.32 Å². The van der Waals surface area contributed by atoms with E-state index in [2.05, 4.69) is 5.32 Å². The number of nitrogens with one attached hydrogen (secondary N) is 1. The Morgan fingerprint density at radius 2 is 1.78 bits per heavy atom. The summed E-state index contributed by atoms with van der Waals surface area (Å²) in [4.78, 5) is 24.2. The van der Waals surface area contributed by atoms with E-state index in [-0.39, 0.29) is 12.3 Å². The van der Waals surface area contributed by atoms with Crippen LogP contribution in [0.2, 0.25) is 10.0 Å². The summed E-state index contributed by atoms with van der Waals surface area (Å²) in [6.45, 7) is 0. The van der Waals surface area contributed by atoms with Crippen LogP contribution in [-0.4, -0.2) is 25.0 Å². The van der Waals surface area contributed by atoms with Gasteiger partial charge in [0, 0.05) is 22.0 Å². The van der Waals surface area contributed by atoms with Gasteiger partial charge in [0.25, 0.3) is 5.91 Å². The third kappa shape index (κ3) is 4.98. The molecular formula is C17H15Cl2NO3. The molecule has 0 saturated heterocycles. The SMILES string of the molecule is COC(=O)[C@@H](Cc1cccc(Cl)c1)NC(=O)c1ccc(Cl)cc1. The van der Waals surface area contributed by atoms with Gasteiger partial charge >= 0.3 is 5.97 Å². The fourth-order valence-corrected chi connectivity index (χ4v) is 2.42. The number of hydrogen-bond acceptors (Lipinski definition) is 3. The smallest absolute Gasteiger partial charge is 0.328 e. The van der Waals surface area contributed by atoms with E-state index in [1.54, 1.807) is 42.5 Å². The third-order valence-electron chi connectivity index (χ3n) is 3.23. The summed E-state index contributed by atoms with van der Waals surface area (Å²) in [7, 11) is 1.28. The highest BCUT2D eigenvalue weighted by atomic mass is 35.5. The molecule has 1 N–H and O–H groups in total. The highest BCUT2D eigenvalue weighted by molar-refractivity contribution is 6.30. The lowest BCUT2D eigenvalue weighted by molar-refractivity contribution is -0.142. The Labute approximate surface area is 144 Å². The minimum absolute atomic E-state index is 0.284. The van der Waals surface area contributed by atoms with E-state index in [4.69, 9.17) is 27.9 Å². The van der Waals surface area contributed by atoms with Crippen LogP contribution in [0.15, 0.2) is 48.5 Å². The summed E-state index contributed by atoms with van der Waals surface area (Å²) in [6.07, 6.45) is 0.284. The van der Waals surface area contributed by atoms with Crippen molar-refractivity contribution < 1.29 is 14.3 Å². The van der Waals surface area contributed by atoms with Gasteiger partial charge in [0.05, 0.1) is 7.11 Å². The number of hydrogen-bond donors (Lipinski definition) is 1. The van der Waals surface area contributed by atoms with E-state index >= 15 is 0 Å². The molecule has 0 aliphatic rings. The molecule has 0 aliphatic carbocycles. The lowest BCUT2D eigenvalue weighted by atomic mass is 10.1. The highest BCUT2D eigenvalue weighted by Gasteiger charge is 2.22. The summed E-state index contributed by atoms with van der Waals surface area (Å²) in [5, 5.41) is 3.77. The summed E-state index contributed by atoms with van der Waals surface area (Å²) in [5.41, 5.74) is 1.23. The van der Waals surface area contributed by atoms with Gasteiger partial charge in [-0.2, -0.15) is 0 Å². The van der Waals surface area contributed by atoms with Crippen LogP contribution >= 0.6 is 23.2 Å². The molecule has 0 aliphatic heterocycles. The first-order valence-electron chi connectivity index (χ1n) is 6.88. The number of esters is 1. The van der Waals surface area contributed by atoms with E-state index in [9.17, 15) is 9.59 Å². The van der Waals surface area contributed by atoms with E-state index in [1.807, 2.05) is 6.07 Å². The average Bonchev–Trinajstić information content (AvgIpc) is 2.54. The molecule has 0 bridgehead atoms. The Balaban J connectivity index is 2.13. The normalized spacial score (nSPS) is 11.6. The zero-order valence-electron chi connectivity index (χ0n) is 12.4. The van der Waals surface area contributed by atoms with Crippen LogP contribution in [0, 0.1) is 0 Å². The maximum Gasteiger partial charge on any atom is 0.328 e. The zero-order valence-corrected chi connectivity index (χ0v) is 13.9. The maximum atomic E-state index is 12.3. The van der Waals surface area contributed by atoms with Crippen molar-refractivity contribution in [3.8, 4) is 0 Å². The van der Waals surface area contributed by atoms with Crippen molar-refractivity contribution in [2.45, 2.75) is 12.5 Å². The molecule has 120 valence electrons. The van der Waals surface area contributed by atoms with Gasteiger partial charge in [0.2, 0.25) is 0 Å². The molecular weight excluding hydrogens is 337 g/mol. The zero-order chi connectivity index (χ0) is 16.8. The Morgan fingerprint density at radius 1 is 1.09 bits per heavy atom. The van der Waals surface area contributed by atoms with Crippen LogP contribution in [0.5, 0.6) is 0 Å². The number of ether oxygens (including phenoxy) is 1. The first-order chi connectivity index (χ1) is 11.0. The van der Waals surface area contributed by atoms with Gasteiger partial charge in [0.1, 0.15) is 6.04 Å². The first kappa shape index (κ1) is 17.3. The number of halogens is 2. The summed E-state index contributed by atoms with van der Waals surface area (Å²) in [6, 6.07) is 12.7. The lowest BCUT2D eigenvalue weighted by Gasteiger charge is -2.17. The van der Waals surface area contributed by atoms with Gasteiger partial charge in [-0.05, 0) is 42.0 Å². The molecule has 0 spiro atoms. The number of carbonyl (C=O) groups excluding carboxylic acids is 2. The fraction of sp³-hybridized carbons (Fsp3) is 0.176. The van der Waals surface area contributed by atoms with Crippen molar-refractivity contribution in [2.75, 3.05) is 7.11 Å². The molecule has 1 atom stereocenters. The molecule has 0 fully saturated rings. The van der Waals surface area contributed by atoms with Crippen molar-refractivity contribution in [2.24, 2.45) is 0 Å². The number of carbonyl (C=O) groups is 2. The van der Waals surface area contributed by atoms with Crippen LogP contribution in [0.25, 0.3) is 0 Å². The van der Waals surface area contributed by atoms with E-state index in [1.165, 1.54) is 7.11 Å². The molecule has 2 rings (SSSR count). The Hall–Kier alpha value is -2.04. The monoisotopic (exact) mass is 351 g/mol. The second kappa shape index (κ2) is 7.99. The summed E-state index contributed by atoms with van der Waals surface area (Å²) < 4.78 is 4.76. The second-order valence-corrected chi connectivity index (χ2v) is 5.76. The topological polar surface area (TPSA) is 55.4 Å². The van der Waals surface area contributed by atoms with Crippen molar-refractivity contribution in [3.63, 3.8) is 0 Å². The van der Waals surface area contributed by atoms with Gasteiger partial charge in [-0.1, -0.05) is 35.3 Å². The van der Waals surface area contributed by atoms with Gasteiger partial charge in [-0.25, -0.2) is 4.79 Å². The van der Waals surface area contributed by atoms with Crippen LogP contribution in [-0.2, 0) is 16.0 Å². The highest BCUT2D eigenvalue weighted by Crippen LogP contribution is 2.14. The minimum atomic E-state index is -0.804. The number of methoxy groups -OCH3 is 1. The number of rotatable bonds is 5. The molecule has 0 unspecified atom stereocenters. The first-order valence-corrected chi connectivity index (χ1v) is 7.64. The van der Waals surface area contributed by atoms with Crippen LogP contribution in [0.3, 0.4) is 0 Å². The van der Waals surface area contributed by atoms with E-state index in [0.717, 1.165) is 5.56 Å². The lowest BCUT2D eigenvalue weighted by Crippen LogP contribution is -2.43. The molecule has 1 amide bonds. The third-order valence-corrected chi connectivity index (χ3v) is 3.71. The molecule has 4 nitrogen and oxygen atoms in total. The second-order valence-electron chi connectivity index (χ2n) is 4.89. The van der Waals surface area contributed by atoms with Gasteiger partial charge in [0.15, 0.2) is 0 Å². The number of benzene rings is 2. The molecule has 23 heavy (non-hydrogen) atoms. The molecule has 2 aromatic rings. The molecule has 0 radical (unpaired) electrons. The van der Waals surface area contributed by atoms with Crippen molar-refractivity contribution in [1.29, 1.82) is 0 Å². The molecule has 0 heterocycles. The molecule has 6 heteroatoms. The van der Waals surface area contributed by atoms with Crippen LogP contribution < -0.4 is 5.32 Å². The Morgan fingerprint density at radius 3 is 2.39 bits per heavy atom. The van der Waals surface area contributed by atoms with Crippen LogP contribution in [0.1, 0.15) is 15.9 Å².